The van der Waals surface area contributed by atoms with Crippen LogP contribution in [0.2, 0.25) is 0 Å². The first kappa shape index (κ1) is 15.7. The van der Waals surface area contributed by atoms with Gasteiger partial charge in [0.05, 0.1) is 11.2 Å². The Hall–Kier alpha value is -1.19. The van der Waals surface area contributed by atoms with Crippen LogP contribution in [-0.4, -0.2) is 16.5 Å². The van der Waals surface area contributed by atoms with E-state index in [4.69, 9.17) is 0 Å². The van der Waals surface area contributed by atoms with Crippen LogP contribution < -0.4 is 0 Å². The number of carbonyl (C=O) groups excluding carboxylic acids is 1. The highest BCUT2D eigenvalue weighted by Gasteiger charge is 2.41. The third kappa shape index (κ3) is 2.72. The number of hydrogen-bond donors (Lipinski definition) is 2. The molecule has 0 radical (unpaired) electrons. The molecule has 1 aromatic rings. The van der Waals surface area contributed by atoms with Crippen LogP contribution in [0.3, 0.4) is 0 Å². The lowest BCUT2D eigenvalue weighted by Gasteiger charge is -2.40. The predicted molar refractivity (Wildman–Crippen MR) is 85.8 cm³/mol. The Labute approximate surface area is 132 Å². The van der Waals surface area contributed by atoms with Crippen LogP contribution in [0.1, 0.15) is 85.7 Å². The van der Waals surface area contributed by atoms with Crippen molar-refractivity contribution in [3.63, 3.8) is 0 Å². The zero-order valence-corrected chi connectivity index (χ0v) is 13.2. The third-order valence-electron chi connectivity index (χ3n) is 5.55. The maximum absolute atomic E-state index is 11.6. The van der Waals surface area contributed by atoms with Gasteiger partial charge in [-0.25, -0.2) is 0 Å². The number of carbonyl (C=O) groups is 1. The molecule has 0 amide bonds. The van der Waals surface area contributed by atoms with Crippen molar-refractivity contribution in [2.45, 2.75) is 75.4 Å². The Kier molecular flexibility index (Phi) is 4.37. The molecule has 2 aliphatic carbocycles. The van der Waals surface area contributed by atoms with Gasteiger partial charge in [0.2, 0.25) is 0 Å². The summed E-state index contributed by atoms with van der Waals surface area (Å²) in [7, 11) is 0. The van der Waals surface area contributed by atoms with Crippen LogP contribution in [0.25, 0.3) is 0 Å². The van der Waals surface area contributed by atoms with Gasteiger partial charge < -0.3 is 10.2 Å². The maximum atomic E-state index is 11.6. The molecule has 0 spiro atoms. The van der Waals surface area contributed by atoms with Crippen LogP contribution >= 0.6 is 0 Å². The monoisotopic (exact) mass is 302 g/mol. The van der Waals surface area contributed by atoms with Crippen molar-refractivity contribution < 1.29 is 15.0 Å². The van der Waals surface area contributed by atoms with Gasteiger partial charge in [-0.15, -0.1) is 0 Å². The van der Waals surface area contributed by atoms with Crippen molar-refractivity contribution >= 4 is 6.29 Å². The second kappa shape index (κ2) is 6.13. The first-order valence-electron chi connectivity index (χ1n) is 8.63. The van der Waals surface area contributed by atoms with Crippen molar-refractivity contribution in [2.24, 2.45) is 0 Å². The minimum absolute atomic E-state index is 0.542. The molecule has 0 aliphatic heterocycles. The Morgan fingerprint density at radius 3 is 1.91 bits per heavy atom. The van der Waals surface area contributed by atoms with Gasteiger partial charge in [-0.2, -0.15) is 0 Å². The normalized spacial score (nSPS) is 23.9. The Bertz CT molecular complexity index is 538. The van der Waals surface area contributed by atoms with Crippen molar-refractivity contribution in [1.82, 2.24) is 0 Å². The van der Waals surface area contributed by atoms with Crippen LogP contribution in [-0.2, 0) is 11.2 Å². The lowest BCUT2D eigenvalue weighted by Crippen LogP contribution is -2.37. The molecule has 0 bridgehead atoms. The molecule has 2 N–H and O–H groups in total. The molecule has 0 heterocycles. The maximum Gasteiger partial charge on any atom is 0.150 e. The summed E-state index contributed by atoms with van der Waals surface area (Å²) < 4.78 is 0. The standard InChI is InChI=1S/C19H26O3/c20-14-15-8-7-9-16(18(21)10-3-1-4-11-18)17(15)19(22)12-5-2-6-13-19/h7-9,14,21-22H,1-6,10-13H2. The number of aliphatic hydroxyl groups is 2. The Balaban J connectivity index is 2.12. The van der Waals surface area contributed by atoms with E-state index >= 15 is 0 Å². The van der Waals surface area contributed by atoms with Crippen LogP contribution in [0.4, 0.5) is 0 Å². The topological polar surface area (TPSA) is 57.5 Å². The smallest absolute Gasteiger partial charge is 0.150 e. The summed E-state index contributed by atoms with van der Waals surface area (Å²) in [4.78, 5) is 11.6. The van der Waals surface area contributed by atoms with Crippen molar-refractivity contribution in [3.05, 3.63) is 34.9 Å². The number of aldehydes is 1. The van der Waals surface area contributed by atoms with E-state index in [-0.39, 0.29) is 0 Å². The van der Waals surface area contributed by atoms with Crippen LogP contribution in [0, 0.1) is 0 Å². The number of hydrogen-bond acceptors (Lipinski definition) is 3. The third-order valence-corrected chi connectivity index (χ3v) is 5.55. The molecule has 3 rings (SSSR count). The zero-order valence-electron chi connectivity index (χ0n) is 13.2. The fourth-order valence-corrected chi connectivity index (χ4v) is 4.37. The number of rotatable bonds is 3. The molecule has 2 saturated carbocycles. The highest BCUT2D eigenvalue weighted by molar-refractivity contribution is 5.79. The van der Waals surface area contributed by atoms with E-state index in [1.807, 2.05) is 12.1 Å². The number of benzene rings is 1. The van der Waals surface area contributed by atoms with Crippen LogP contribution in [0.15, 0.2) is 18.2 Å². The van der Waals surface area contributed by atoms with E-state index in [1.54, 1.807) is 6.07 Å². The SMILES string of the molecule is O=Cc1cccc(C2(O)CCCCC2)c1C1(O)CCCCC1. The summed E-state index contributed by atoms with van der Waals surface area (Å²) in [5, 5.41) is 22.4. The van der Waals surface area contributed by atoms with Gasteiger partial charge in [-0.3, -0.25) is 4.79 Å². The van der Waals surface area contributed by atoms with Crippen molar-refractivity contribution in [1.29, 1.82) is 0 Å². The van der Waals surface area contributed by atoms with Gasteiger partial charge in [0, 0.05) is 11.1 Å². The second-order valence-electron chi connectivity index (χ2n) is 7.07. The molecule has 2 fully saturated rings. The molecule has 2 aliphatic rings. The summed E-state index contributed by atoms with van der Waals surface area (Å²) in [5.41, 5.74) is 0.189. The zero-order chi connectivity index (χ0) is 15.6. The van der Waals surface area contributed by atoms with E-state index in [0.29, 0.717) is 24.0 Å². The molecule has 0 atom stereocenters. The highest BCUT2D eigenvalue weighted by atomic mass is 16.3. The van der Waals surface area contributed by atoms with E-state index in [2.05, 4.69) is 0 Å². The van der Waals surface area contributed by atoms with E-state index in [0.717, 1.165) is 63.2 Å². The minimum atomic E-state index is -0.960. The van der Waals surface area contributed by atoms with Gasteiger partial charge in [0.15, 0.2) is 0 Å². The summed E-state index contributed by atoms with van der Waals surface area (Å²) in [5.74, 6) is 0. The Morgan fingerprint density at radius 2 is 1.36 bits per heavy atom. The van der Waals surface area contributed by atoms with Crippen molar-refractivity contribution in [2.75, 3.05) is 0 Å². The molecular weight excluding hydrogens is 276 g/mol. The molecule has 0 unspecified atom stereocenters. The van der Waals surface area contributed by atoms with Gasteiger partial charge in [0.25, 0.3) is 0 Å². The second-order valence-corrected chi connectivity index (χ2v) is 7.07. The molecule has 3 heteroatoms. The molecule has 0 aromatic heterocycles. The van der Waals surface area contributed by atoms with Crippen molar-refractivity contribution in [3.8, 4) is 0 Å². The van der Waals surface area contributed by atoms with E-state index in [1.165, 1.54) is 0 Å². The minimum Gasteiger partial charge on any atom is -0.385 e. The summed E-state index contributed by atoms with van der Waals surface area (Å²) in [6.07, 6.45) is 9.86. The quantitative estimate of drug-likeness (QED) is 0.835. The summed E-state index contributed by atoms with van der Waals surface area (Å²) in [6, 6.07) is 5.52. The van der Waals surface area contributed by atoms with Gasteiger partial charge >= 0.3 is 0 Å². The molecular formula is C19H26O3. The fourth-order valence-electron chi connectivity index (χ4n) is 4.37. The molecule has 3 nitrogen and oxygen atoms in total. The summed E-state index contributed by atoms with van der Waals surface area (Å²) in [6.45, 7) is 0. The lowest BCUT2D eigenvalue weighted by atomic mass is 9.70. The van der Waals surface area contributed by atoms with Crippen LogP contribution in [0.5, 0.6) is 0 Å². The average molecular weight is 302 g/mol. The van der Waals surface area contributed by atoms with E-state index in [9.17, 15) is 15.0 Å². The molecule has 0 saturated heterocycles. The van der Waals surface area contributed by atoms with E-state index < -0.39 is 11.2 Å². The average Bonchev–Trinajstić information content (AvgIpc) is 2.55. The highest BCUT2D eigenvalue weighted by Crippen LogP contribution is 2.46. The molecule has 120 valence electrons. The van der Waals surface area contributed by atoms with Gasteiger partial charge in [0.1, 0.15) is 6.29 Å². The largest absolute Gasteiger partial charge is 0.385 e. The first-order chi connectivity index (χ1) is 10.6. The fraction of sp³-hybridized carbons (Fsp3) is 0.632. The molecule has 1 aromatic carbocycles. The van der Waals surface area contributed by atoms with Gasteiger partial charge in [-0.05, 0) is 31.2 Å². The predicted octanol–water partition coefficient (Wildman–Crippen LogP) is 3.80. The molecule has 22 heavy (non-hydrogen) atoms. The Morgan fingerprint density at radius 1 is 0.818 bits per heavy atom. The first-order valence-corrected chi connectivity index (χ1v) is 8.63. The van der Waals surface area contributed by atoms with Gasteiger partial charge in [-0.1, -0.05) is 56.7 Å². The summed E-state index contributed by atoms with van der Waals surface area (Å²) >= 11 is 0. The lowest BCUT2D eigenvalue weighted by molar-refractivity contribution is -0.0247.